The van der Waals surface area contributed by atoms with Gasteiger partial charge in [0.05, 0.1) is 13.5 Å². The predicted molar refractivity (Wildman–Crippen MR) is 65.4 cm³/mol. The summed E-state index contributed by atoms with van der Waals surface area (Å²) in [6.07, 6.45) is 3.30. The number of esters is 1. The Kier molecular flexibility index (Phi) is 5.45. The Hall–Kier alpha value is -1.06. The average molecular weight is 241 g/mol. The highest BCUT2D eigenvalue weighted by atomic mass is 16.5. The monoisotopic (exact) mass is 241 g/mol. The Morgan fingerprint density at radius 2 is 1.94 bits per heavy atom. The summed E-state index contributed by atoms with van der Waals surface area (Å²) < 4.78 is 4.61. The van der Waals surface area contributed by atoms with Gasteiger partial charge in [0.2, 0.25) is 5.91 Å². The summed E-state index contributed by atoms with van der Waals surface area (Å²) in [5.74, 6) is 0.764. The molecular weight excluding hydrogens is 218 g/mol. The smallest absolute Gasteiger partial charge is 0.307 e. The minimum absolute atomic E-state index is 0.217. The zero-order valence-corrected chi connectivity index (χ0v) is 11.1. The van der Waals surface area contributed by atoms with Gasteiger partial charge < -0.3 is 9.64 Å². The van der Waals surface area contributed by atoms with Crippen LogP contribution in [0.2, 0.25) is 0 Å². The van der Waals surface area contributed by atoms with Crippen molar-refractivity contribution < 1.29 is 14.3 Å². The van der Waals surface area contributed by atoms with Gasteiger partial charge in [-0.3, -0.25) is 9.59 Å². The predicted octanol–water partition coefficient (Wildman–Crippen LogP) is 1.83. The van der Waals surface area contributed by atoms with Crippen LogP contribution in [0.3, 0.4) is 0 Å². The van der Waals surface area contributed by atoms with Crippen LogP contribution in [0.15, 0.2) is 0 Å². The van der Waals surface area contributed by atoms with E-state index in [9.17, 15) is 9.59 Å². The van der Waals surface area contributed by atoms with Crippen molar-refractivity contribution in [3.8, 4) is 0 Å². The minimum atomic E-state index is -0.247. The fourth-order valence-corrected chi connectivity index (χ4v) is 1.66. The molecule has 0 unspecified atom stereocenters. The fourth-order valence-electron chi connectivity index (χ4n) is 1.66. The van der Waals surface area contributed by atoms with E-state index in [1.807, 2.05) is 4.90 Å². The Morgan fingerprint density at radius 1 is 1.29 bits per heavy atom. The van der Waals surface area contributed by atoms with Crippen LogP contribution in [0.5, 0.6) is 0 Å². The molecule has 0 aromatic heterocycles. The number of hydrogen-bond donors (Lipinski definition) is 0. The van der Waals surface area contributed by atoms with Crippen molar-refractivity contribution in [2.75, 3.05) is 20.2 Å². The van der Waals surface area contributed by atoms with Crippen molar-refractivity contribution >= 4 is 11.9 Å². The van der Waals surface area contributed by atoms with Gasteiger partial charge in [-0.25, -0.2) is 0 Å². The van der Waals surface area contributed by atoms with Gasteiger partial charge in [-0.15, -0.1) is 0 Å². The summed E-state index contributed by atoms with van der Waals surface area (Å²) in [6, 6.07) is 0. The van der Waals surface area contributed by atoms with E-state index < -0.39 is 0 Å². The number of ether oxygens (including phenoxy) is 1. The van der Waals surface area contributed by atoms with Crippen molar-refractivity contribution in [3.63, 3.8) is 0 Å². The molecule has 1 rings (SSSR count). The third kappa shape index (κ3) is 5.20. The summed E-state index contributed by atoms with van der Waals surface area (Å²) >= 11 is 0. The Bertz CT molecular complexity index is 272. The lowest BCUT2D eigenvalue weighted by Crippen LogP contribution is -2.35. The van der Waals surface area contributed by atoms with Gasteiger partial charge in [0.1, 0.15) is 0 Å². The molecule has 0 N–H and O–H groups in total. The maximum absolute atomic E-state index is 12.0. The molecule has 1 fully saturated rings. The molecule has 1 aliphatic rings. The molecule has 0 heterocycles. The highest BCUT2D eigenvalue weighted by Gasteiger charge is 2.33. The quantitative estimate of drug-likeness (QED) is 0.639. The number of carbonyl (C=O) groups excluding carboxylic acids is 2. The van der Waals surface area contributed by atoms with Crippen LogP contribution in [0, 0.1) is 11.8 Å². The topological polar surface area (TPSA) is 46.6 Å². The largest absolute Gasteiger partial charge is 0.469 e. The molecule has 0 atom stereocenters. The van der Waals surface area contributed by atoms with Gasteiger partial charge >= 0.3 is 5.97 Å². The summed E-state index contributed by atoms with van der Waals surface area (Å²) in [4.78, 5) is 24.9. The lowest BCUT2D eigenvalue weighted by molar-refractivity contribution is -0.142. The van der Waals surface area contributed by atoms with E-state index in [1.54, 1.807) is 0 Å². The molecular formula is C13H23NO3. The molecule has 4 heteroatoms. The first-order valence-corrected chi connectivity index (χ1v) is 6.40. The summed E-state index contributed by atoms with van der Waals surface area (Å²) in [5, 5.41) is 0. The number of amides is 1. The molecule has 1 amide bonds. The van der Waals surface area contributed by atoms with Crippen molar-refractivity contribution in [2.24, 2.45) is 11.8 Å². The standard InChI is InChI=1S/C13H23NO3/c1-10(2)6-8-14(9-7-12(15)17-3)13(16)11-4-5-11/h10-11H,4-9H2,1-3H3. The third-order valence-electron chi connectivity index (χ3n) is 3.03. The zero-order valence-electron chi connectivity index (χ0n) is 11.1. The molecule has 0 bridgehead atoms. The van der Waals surface area contributed by atoms with Gasteiger partial charge in [0.25, 0.3) is 0 Å². The maximum atomic E-state index is 12.0. The molecule has 0 radical (unpaired) electrons. The van der Waals surface area contributed by atoms with E-state index in [0.717, 1.165) is 25.8 Å². The van der Waals surface area contributed by atoms with Crippen LogP contribution >= 0.6 is 0 Å². The van der Waals surface area contributed by atoms with Crippen molar-refractivity contribution in [2.45, 2.75) is 39.5 Å². The molecule has 0 aromatic rings. The Balaban J connectivity index is 2.40. The van der Waals surface area contributed by atoms with E-state index in [-0.39, 0.29) is 17.8 Å². The van der Waals surface area contributed by atoms with Gasteiger partial charge in [0, 0.05) is 19.0 Å². The second-order valence-corrected chi connectivity index (χ2v) is 5.11. The van der Waals surface area contributed by atoms with E-state index in [1.165, 1.54) is 7.11 Å². The highest BCUT2D eigenvalue weighted by Crippen LogP contribution is 2.31. The number of nitrogens with zero attached hydrogens (tertiary/aromatic N) is 1. The molecule has 1 aliphatic carbocycles. The molecule has 0 saturated heterocycles. The van der Waals surface area contributed by atoms with Gasteiger partial charge in [-0.2, -0.15) is 0 Å². The highest BCUT2D eigenvalue weighted by molar-refractivity contribution is 5.81. The van der Waals surface area contributed by atoms with Crippen LogP contribution in [0.1, 0.15) is 39.5 Å². The molecule has 0 aromatic carbocycles. The number of hydrogen-bond acceptors (Lipinski definition) is 3. The number of rotatable bonds is 7. The van der Waals surface area contributed by atoms with E-state index in [0.29, 0.717) is 18.9 Å². The van der Waals surface area contributed by atoms with Crippen LogP contribution < -0.4 is 0 Å². The van der Waals surface area contributed by atoms with Crippen molar-refractivity contribution in [1.82, 2.24) is 4.90 Å². The second-order valence-electron chi connectivity index (χ2n) is 5.11. The first-order valence-electron chi connectivity index (χ1n) is 6.40. The SMILES string of the molecule is COC(=O)CCN(CCC(C)C)C(=O)C1CC1. The average Bonchev–Trinajstić information content (AvgIpc) is 3.11. The molecule has 1 saturated carbocycles. The van der Waals surface area contributed by atoms with Crippen LogP contribution in [-0.2, 0) is 14.3 Å². The van der Waals surface area contributed by atoms with E-state index in [2.05, 4.69) is 18.6 Å². The lowest BCUT2D eigenvalue weighted by Gasteiger charge is -2.23. The molecule has 4 nitrogen and oxygen atoms in total. The van der Waals surface area contributed by atoms with Gasteiger partial charge in [-0.1, -0.05) is 13.8 Å². The van der Waals surface area contributed by atoms with E-state index >= 15 is 0 Å². The van der Waals surface area contributed by atoms with Crippen LogP contribution in [0.4, 0.5) is 0 Å². The minimum Gasteiger partial charge on any atom is -0.469 e. The van der Waals surface area contributed by atoms with E-state index in [4.69, 9.17) is 0 Å². The fraction of sp³-hybridized carbons (Fsp3) is 0.846. The molecule has 0 aliphatic heterocycles. The lowest BCUT2D eigenvalue weighted by atomic mass is 10.1. The van der Waals surface area contributed by atoms with Gasteiger partial charge in [-0.05, 0) is 25.2 Å². The molecule has 17 heavy (non-hydrogen) atoms. The Morgan fingerprint density at radius 3 is 2.41 bits per heavy atom. The first-order chi connectivity index (χ1) is 8.04. The van der Waals surface area contributed by atoms with Gasteiger partial charge in [0.15, 0.2) is 0 Å². The van der Waals surface area contributed by atoms with Crippen molar-refractivity contribution in [3.05, 3.63) is 0 Å². The second kappa shape index (κ2) is 6.62. The zero-order chi connectivity index (χ0) is 12.8. The maximum Gasteiger partial charge on any atom is 0.307 e. The summed E-state index contributed by atoms with van der Waals surface area (Å²) in [5.41, 5.74) is 0. The summed E-state index contributed by atoms with van der Waals surface area (Å²) in [6.45, 7) is 5.53. The normalized spacial score (nSPS) is 14.8. The van der Waals surface area contributed by atoms with Crippen molar-refractivity contribution in [1.29, 1.82) is 0 Å². The molecule has 98 valence electrons. The number of carbonyl (C=O) groups is 2. The first kappa shape index (κ1) is 14.0. The van der Waals surface area contributed by atoms with Crippen LogP contribution in [0.25, 0.3) is 0 Å². The summed E-state index contributed by atoms with van der Waals surface area (Å²) in [7, 11) is 1.38. The number of methoxy groups -OCH3 is 1. The third-order valence-corrected chi connectivity index (χ3v) is 3.03. The molecule has 0 spiro atoms. The Labute approximate surface area is 103 Å². The van der Waals surface area contributed by atoms with Crippen LogP contribution in [-0.4, -0.2) is 37.0 Å².